The molecule has 3 rings (SSSR count). The second kappa shape index (κ2) is 7.22. The minimum Gasteiger partial charge on any atom is -0.334 e. The molecule has 1 heterocycles. The van der Waals surface area contributed by atoms with E-state index < -0.39 is 6.17 Å². The molecule has 0 bridgehead atoms. The number of alkyl halides is 1. The second-order valence-electron chi connectivity index (χ2n) is 8.14. The van der Waals surface area contributed by atoms with Gasteiger partial charge in [0.2, 0.25) is 5.91 Å². The van der Waals surface area contributed by atoms with Crippen molar-refractivity contribution in [1.29, 1.82) is 0 Å². The van der Waals surface area contributed by atoms with Crippen LogP contribution in [-0.2, 0) is 11.3 Å². The van der Waals surface area contributed by atoms with E-state index >= 15 is 0 Å². The summed E-state index contributed by atoms with van der Waals surface area (Å²) in [6.07, 6.45) is 3.76. The van der Waals surface area contributed by atoms with Crippen LogP contribution in [0.4, 0.5) is 4.39 Å². The monoisotopic (exact) mass is 332 g/mol. The topological polar surface area (TPSA) is 32.3 Å². The van der Waals surface area contributed by atoms with Gasteiger partial charge >= 0.3 is 0 Å². The van der Waals surface area contributed by atoms with Gasteiger partial charge in [0.1, 0.15) is 6.17 Å². The van der Waals surface area contributed by atoms with Crippen LogP contribution in [0.5, 0.6) is 0 Å². The summed E-state index contributed by atoms with van der Waals surface area (Å²) in [6, 6.07) is 10.0. The summed E-state index contributed by atoms with van der Waals surface area (Å²) in [4.78, 5) is 15.1. The van der Waals surface area contributed by atoms with Gasteiger partial charge in [0, 0.05) is 25.6 Å². The van der Waals surface area contributed by atoms with E-state index in [4.69, 9.17) is 0 Å². The van der Waals surface area contributed by atoms with Crippen molar-refractivity contribution < 1.29 is 9.18 Å². The lowest BCUT2D eigenvalue weighted by Crippen LogP contribution is -2.49. The van der Waals surface area contributed by atoms with Crippen molar-refractivity contribution in [2.45, 2.75) is 70.8 Å². The number of nitrogens with zero attached hydrogens (tertiary/aromatic N) is 1. The summed E-state index contributed by atoms with van der Waals surface area (Å²) in [5.74, 6) is 0.0729. The Labute approximate surface area is 144 Å². The Hall–Kier alpha value is -1.42. The molecule has 2 aliphatic rings. The van der Waals surface area contributed by atoms with Crippen LogP contribution < -0.4 is 5.32 Å². The predicted molar refractivity (Wildman–Crippen MR) is 94.3 cm³/mol. The maximum Gasteiger partial charge on any atom is 0.240 e. The molecule has 24 heavy (non-hydrogen) atoms. The quantitative estimate of drug-likeness (QED) is 0.912. The fourth-order valence-corrected chi connectivity index (χ4v) is 3.94. The van der Waals surface area contributed by atoms with Crippen molar-refractivity contribution in [2.75, 3.05) is 6.54 Å². The number of amides is 1. The molecule has 1 saturated carbocycles. The molecule has 4 heteroatoms. The largest absolute Gasteiger partial charge is 0.334 e. The van der Waals surface area contributed by atoms with Crippen molar-refractivity contribution in [3.05, 3.63) is 35.9 Å². The van der Waals surface area contributed by atoms with Gasteiger partial charge in [-0.25, -0.2) is 4.39 Å². The van der Waals surface area contributed by atoms with E-state index in [1.54, 1.807) is 0 Å². The SMILES string of the molecule is CC1(C)CCC(N(Cc2ccccc2)C(=O)C2CC(F)CN2)CC1. The van der Waals surface area contributed by atoms with Crippen LogP contribution in [0.25, 0.3) is 0 Å². The number of carbonyl (C=O) groups is 1. The predicted octanol–water partition coefficient (Wildman–Crippen LogP) is 3.68. The third kappa shape index (κ3) is 4.15. The number of halogens is 1. The number of nitrogens with one attached hydrogen (secondary N) is 1. The lowest BCUT2D eigenvalue weighted by Gasteiger charge is -2.41. The normalized spacial score (nSPS) is 27.1. The van der Waals surface area contributed by atoms with E-state index in [1.807, 2.05) is 23.1 Å². The summed E-state index contributed by atoms with van der Waals surface area (Å²) in [7, 11) is 0. The molecule has 1 amide bonds. The van der Waals surface area contributed by atoms with E-state index in [0.717, 1.165) is 31.2 Å². The molecule has 2 fully saturated rings. The van der Waals surface area contributed by atoms with Crippen LogP contribution in [0.1, 0.15) is 51.5 Å². The first-order valence-electron chi connectivity index (χ1n) is 9.16. The number of rotatable bonds is 4. The van der Waals surface area contributed by atoms with Crippen molar-refractivity contribution in [3.8, 4) is 0 Å². The molecular formula is C20H29FN2O. The Kier molecular flexibility index (Phi) is 5.24. The highest BCUT2D eigenvalue weighted by Gasteiger charge is 2.37. The number of hydrogen-bond acceptors (Lipinski definition) is 2. The smallest absolute Gasteiger partial charge is 0.240 e. The van der Waals surface area contributed by atoms with Crippen LogP contribution in [0, 0.1) is 5.41 Å². The molecule has 1 N–H and O–H groups in total. The fourth-order valence-electron chi connectivity index (χ4n) is 3.94. The van der Waals surface area contributed by atoms with Gasteiger partial charge in [-0.1, -0.05) is 44.2 Å². The van der Waals surface area contributed by atoms with Gasteiger partial charge in [-0.15, -0.1) is 0 Å². The third-order valence-corrected chi connectivity index (χ3v) is 5.60. The molecule has 3 nitrogen and oxygen atoms in total. The molecule has 2 atom stereocenters. The van der Waals surface area contributed by atoms with Gasteiger partial charge in [-0.05, 0) is 36.7 Å². The Morgan fingerprint density at radius 3 is 2.50 bits per heavy atom. The first kappa shape index (κ1) is 17.4. The van der Waals surface area contributed by atoms with Gasteiger partial charge in [0.15, 0.2) is 0 Å². The average molecular weight is 332 g/mol. The van der Waals surface area contributed by atoms with Crippen molar-refractivity contribution in [2.24, 2.45) is 5.41 Å². The molecule has 0 aromatic heterocycles. The van der Waals surface area contributed by atoms with E-state index in [0.29, 0.717) is 24.9 Å². The van der Waals surface area contributed by atoms with Crippen molar-refractivity contribution >= 4 is 5.91 Å². The zero-order valence-corrected chi connectivity index (χ0v) is 14.8. The van der Waals surface area contributed by atoms with Crippen LogP contribution in [-0.4, -0.2) is 35.6 Å². The zero-order chi connectivity index (χ0) is 17.2. The molecule has 0 radical (unpaired) electrons. The maximum atomic E-state index is 13.5. The number of benzene rings is 1. The minimum atomic E-state index is -0.900. The van der Waals surface area contributed by atoms with E-state index in [-0.39, 0.29) is 18.0 Å². The Bertz CT molecular complexity index is 550. The highest BCUT2D eigenvalue weighted by molar-refractivity contribution is 5.82. The molecule has 1 aromatic rings. The second-order valence-corrected chi connectivity index (χ2v) is 8.14. The van der Waals surface area contributed by atoms with E-state index in [1.165, 1.54) is 0 Å². The Balaban J connectivity index is 1.74. The zero-order valence-electron chi connectivity index (χ0n) is 14.8. The summed E-state index contributed by atoms with van der Waals surface area (Å²) >= 11 is 0. The molecular weight excluding hydrogens is 303 g/mol. The van der Waals surface area contributed by atoms with Gasteiger partial charge in [-0.3, -0.25) is 4.79 Å². The summed E-state index contributed by atoms with van der Waals surface area (Å²) in [5, 5.41) is 3.06. The highest BCUT2D eigenvalue weighted by atomic mass is 19.1. The Morgan fingerprint density at radius 1 is 1.25 bits per heavy atom. The first-order chi connectivity index (χ1) is 11.4. The van der Waals surface area contributed by atoms with Gasteiger partial charge < -0.3 is 10.2 Å². The molecule has 0 spiro atoms. The number of carbonyl (C=O) groups excluding carboxylic acids is 1. The van der Waals surface area contributed by atoms with Crippen molar-refractivity contribution in [3.63, 3.8) is 0 Å². The molecule has 1 aromatic carbocycles. The molecule has 1 aliphatic heterocycles. The van der Waals surface area contributed by atoms with Gasteiger partial charge in [0.25, 0.3) is 0 Å². The minimum absolute atomic E-state index is 0.0729. The fraction of sp³-hybridized carbons (Fsp3) is 0.650. The average Bonchev–Trinajstić information content (AvgIpc) is 3.00. The molecule has 1 aliphatic carbocycles. The summed E-state index contributed by atoms with van der Waals surface area (Å²) in [6.45, 7) is 5.53. The molecule has 1 saturated heterocycles. The lowest BCUT2D eigenvalue weighted by molar-refractivity contribution is -0.137. The Morgan fingerprint density at radius 2 is 1.92 bits per heavy atom. The molecule has 2 unspecified atom stereocenters. The summed E-state index contributed by atoms with van der Waals surface area (Å²) in [5.41, 5.74) is 1.51. The van der Waals surface area contributed by atoms with Crippen LogP contribution in [0.15, 0.2) is 30.3 Å². The van der Waals surface area contributed by atoms with Crippen LogP contribution >= 0.6 is 0 Å². The standard InChI is InChI=1S/C20H29FN2O/c1-20(2)10-8-17(9-11-20)23(14-15-6-4-3-5-7-15)19(24)18-12-16(21)13-22-18/h3-7,16-18,22H,8-14H2,1-2H3. The summed E-state index contributed by atoms with van der Waals surface area (Å²) < 4.78 is 13.5. The first-order valence-corrected chi connectivity index (χ1v) is 9.16. The van der Waals surface area contributed by atoms with Crippen molar-refractivity contribution in [1.82, 2.24) is 10.2 Å². The van der Waals surface area contributed by atoms with Gasteiger partial charge in [0.05, 0.1) is 6.04 Å². The third-order valence-electron chi connectivity index (χ3n) is 5.60. The van der Waals surface area contributed by atoms with Gasteiger partial charge in [-0.2, -0.15) is 0 Å². The van der Waals surface area contributed by atoms with Crippen LogP contribution in [0.3, 0.4) is 0 Å². The van der Waals surface area contributed by atoms with E-state index in [9.17, 15) is 9.18 Å². The van der Waals surface area contributed by atoms with Crippen LogP contribution in [0.2, 0.25) is 0 Å². The lowest BCUT2D eigenvalue weighted by atomic mass is 9.75. The highest BCUT2D eigenvalue weighted by Crippen LogP contribution is 2.37. The molecule has 132 valence electrons. The maximum absolute atomic E-state index is 13.5. The van der Waals surface area contributed by atoms with E-state index in [2.05, 4.69) is 31.3 Å². The number of hydrogen-bond donors (Lipinski definition) is 1.